The largest absolute Gasteiger partial charge is 0.260 e. The highest BCUT2D eigenvalue weighted by Gasteiger charge is 2.12. The minimum absolute atomic E-state index is 0.874. The van der Waals surface area contributed by atoms with E-state index in [-0.39, 0.29) is 0 Å². The van der Waals surface area contributed by atoms with Gasteiger partial charge < -0.3 is 0 Å². The van der Waals surface area contributed by atoms with E-state index in [2.05, 4.69) is 27.1 Å². The third-order valence-electron chi connectivity index (χ3n) is 2.80. The summed E-state index contributed by atoms with van der Waals surface area (Å²) in [5, 5.41) is 2.16. The Morgan fingerprint density at radius 3 is 3.19 bits per heavy atom. The van der Waals surface area contributed by atoms with Crippen molar-refractivity contribution in [3.8, 4) is 0 Å². The lowest BCUT2D eigenvalue weighted by molar-refractivity contribution is 1.19. The number of hydrogen-bond donors (Lipinski definition) is 0. The molecule has 0 aliphatic carbocycles. The molecule has 2 aliphatic heterocycles. The number of fused-ring (bicyclic) bond motifs is 4. The molecule has 0 unspecified atom stereocenters. The molecule has 0 radical (unpaired) electrons. The number of hydrogen-bond acceptors (Lipinski definition) is 4. The Labute approximate surface area is 95.6 Å². The Morgan fingerprint density at radius 1 is 1.19 bits per heavy atom. The van der Waals surface area contributed by atoms with E-state index in [1.807, 2.05) is 17.8 Å². The van der Waals surface area contributed by atoms with E-state index in [0.717, 1.165) is 27.8 Å². The summed E-state index contributed by atoms with van der Waals surface area (Å²) < 4.78 is 0. The van der Waals surface area contributed by atoms with Crippen LogP contribution in [0, 0.1) is 0 Å². The fraction of sp³-hybridized carbons (Fsp3) is 0.0833. The van der Waals surface area contributed by atoms with E-state index >= 15 is 0 Å². The first-order valence-electron chi connectivity index (χ1n) is 5.09. The van der Waals surface area contributed by atoms with Crippen molar-refractivity contribution in [2.45, 2.75) is 4.90 Å². The van der Waals surface area contributed by atoms with Gasteiger partial charge in [0.25, 0.3) is 0 Å². The van der Waals surface area contributed by atoms with Gasteiger partial charge in [-0.25, -0.2) is 9.97 Å². The van der Waals surface area contributed by atoms with E-state index < -0.39 is 0 Å². The number of rotatable bonds is 0. The quantitative estimate of drug-likeness (QED) is 0.662. The molecule has 2 aromatic rings. The lowest BCUT2D eigenvalue weighted by atomic mass is 10.2. The molecule has 0 atom stereocenters. The second kappa shape index (κ2) is 2.92. The van der Waals surface area contributed by atoms with Gasteiger partial charge in [0.1, 0.15) is 16.6 Å². The van der Waals surface area contributed by atoms with Gasteiger partial charge in [0, 0.05) is 10.6 Å². The van der Waals surface area contributed by atoms with Gasteiger partial charge in [-0.2, -0.15) is 0 Å². The second-order valence-corrected chi connectivity index (χ2v) is 4.80. The molecule has 3 heterocycles. The van der Waals surface area contributed by atoms with Crippen molar-refractivity contribution < 1.29 is 0 Å². The second-order valence-electron chi connectivity index (χ2n) is 3.77. The summed E-state index contributed by atoms with van der Waals surface area (Å²) in [7, 11) is 0. The predicted octanol–water partition coefficient (Wildman–Crippen LogP) is 0.687. The number of aromatic nitrogens is 2. The Bertz CT molecular complexity index is 762. The molecule has 0 amide bonds. The fourth-order valence-electron chi connectivity index (χ4n) is 2.04. The molecule has 76 valence electrons. The standard InChI is InChI=1S/C12H7N3S/c1-2-8-11(12-7(1)3-4-16-12)15-10-6-13-5-9(10)14-8/h1-3,5-6H,4H2. The van der Waals surface area contributed by atoms with Crippen molar-refractivity contribution in [3.05, 3.63) is 28.4 Å². The third-order valence-corrected chi connectivity index (χ3v) is 3.85. The van der Waals surface area contributed by atoms with Gasteiger partial charge in [0.05, 0.1) is 17.9 Å². The van der Waals surface area contributed by atoms with Crippen molar-refractivity contribution >= 4 is 41.3 Å². The van der Waals surface area contributed by atoms with Gasteiger partial charge in [-0.3, -0.25) is 4.99 Å². The van der Waals surface area contributed by atoms with Gasteiger partial charge in [-0.1, -0.05) is 12.1 Å². The van der Waals surface area contributed by atoms with Crippen LogP contribution in [0.1, 0.15) is 5.69 Å². The summed E-state index contributed by atoms with van der Waals surface area (Å²) in [6.07, 6.45) is 5.76. The van der Waals surface area contributed by atoms with Crippen LogP contribution in [0.5, 0.6) is 0 Å². The Balaban J connectivity index is 2.22. The number of aliphatic imine (C=N–C) groups is 1. The van der Waals surface area contributed by atoms with Gasteiger partial charge in [-0.05, 0) is 11.3 Å². The van der Waals surface area contributed by atoms with Gasteiger partial charge in [0.15, 0.2) is 0 Å². The molecule has 0 saturated heterocycles. The third kappa shape index (κ3) is 1.02. The zero-order chi connectivity index (χ0) is 10.5. The number of thioether (sulfide) groups is 1. The molecule has 4 rings (SSSR count). The van der Waals surface area contributed by atoms with Crippen LogP contribution in [-0.2, 0) is 0 Å². The number of nitrogens with zero attached hydrogens (tertiary/aromatic N) is 3. The van der Waals surface area contributed by atoms with Gasteiger partial charge >= 0.3 is 0 Å². The van der Waals surface area contributed by atoms with Crippen LogP contribution in [0.4, 0.5) is 0 Å². The first-order valence-corrected chi connectivity index (χ1v) is 6.07. The molecule has 2 aliphatic rings. The summed E-state index contributed by atoms with van der Waals surface area (Å²) in [5.41, 5.74) is 2.85. The first kappa shape index (κ1) is 8.47. The number of benzene rings is 1. The Hall–Kier alpha value is -1.68. The molecule has 0 bridgehead atoms. The lowest BCUT2D eigenvalue weighted by Gasteiger charge is -2.01. The summed E-state index contributed by atoms with van der Waals surface area (Å²) in [5.74, 6) is 1.04. The minimum Gasteiger partial charge on any atom is -0.260 e. The summed E-state index contributed by atoms with van der Waals surface area (Å²) in [6.45, 7) is 0. The van der Waals surface area contributed by atoms with Crippen molar-refractivity contribution in [2.24, 2.45) is 4.99 Å². The van der Waals surface area contributed by atoms with Crippen LogP contribution < -0.4 is 10.6 Å². The average molecular weight is 225 g/mol. The van der Waals surface area contributed by atoms with Crippen LogP contribution in [0.3, 0.4) is 0 Å². The minimum atomic E-state index is 0.874. The lowest BCUT2D eigenvalue weighted by Crippen LogP contribution is -2.14. The summed E-state index contributed by atoms with van der Waals surface area (Å²) >= 11 is 1.83. The molecular weight excluding hydrogens is 218 g/mol. The maximum atomic E-state index is 4.64. The average Bonchev–Trinajstić information content (AvgIpc) is 2.94. The van der Waals surface area contributed by atoms with E-state index in [1.54, 1.807) is 12.4 Å². The van der Waals surface area contributed by atoms with Crippen LogP contribution in [0.15, 0.2) is 22.0 Å². The van der Waals surface area contributed by atoms with E-state index in [9.17, 15) is 0 Å². The molecule has 0 spiro atoms. The van der Waals surface area contributed by atoms with Crippen molar-refractivity contribution in [1.82, 2.24) is 9.97 Å². The fourth-order valence-corrected chi connectivity index (χ4v) is 3.07. The van der Waals surface area contributed by atoms with Crippen molar-refractivity contribution in [1.29, 1.82) is 0 Å². The summed E-state index contributed by atoms with van der Waals surface area (Å²) in [4.78, 5) is 14.5. The highest BCUT2D eigenvalue weighted by atomic mass is 32.2. The summed E-state index contributed by atoms with van der Waals surface area (Å²) in [6, 6.07) is 4.16. The highest BCUT2D eigenvalue weighted by Crippen LogP contribution is 2.25. The maximum absolute atomic E-state index is 4.64. The molecule has 3 nitrogen and oxygen atoms in total. The topological polar surface area (TPSA) is 38.1 Å². The maximum Gasteiger partial charge on any atom is 0.109 e. The van der Waals surface area contributed by atoms with Crippen LogP contribution >= 0.6 is 11.8 Å². The van der Waals surface area contributed by atoms with E-state index in [4.69, 9.17) is 0 Å². The molecule has 0 N–H and O–H groups in total. The van der Waals surface area contributed by atoms with Crippen LogP contribution in [0.2, 0.25) is 0 Å². The zero-order valence-corrected chi connectivity index (χ0v) is 9.16. The van der Waals surface area contributed by atoms with E-state index in [0.29, 0.717) is 0 Å². The van der Waals surface area contributed by atoms with Gasteiger partial charge in [0.2, 0.25) is 0 Å². The first-order chi connectivity index (χ1) is 7.92. The van der Waals surface area contributed by atoms with Crippen LogP contribution in [-0.4, -0.2) is 21.9 Å². The van der Waals surface area contributed by atoms with Crippen molar-refractivity contribution in [3.63, 3.8) is 0 Å². The molecule has 16 heavy (non-hydrogen) atoms. The molecule has 1 aromatic heterocycles. The zero-order valence-electron chi connectivity index (χ0n) is 8.34. The van der Waals surface area contributed by atoms with E-state index in [1.165, 1.54) is 10.1 Å². The molecule has 1 aromatic carbocycles. The normalized spacial score (nSPS) is 15.8. The Morgan fingerprint density at radius 2 is 2.19 bits per heavy atom. The highest BCUT2D eigenvalue weighted by molar-refractivity contribution is 8.00. The van der Waals surface area contributed by atoms with Crippen molar-refractivity contribution in [2.75, 3.05) is 5.75 Å². The monoisotopic (exact) mass is 225 g/mol. The smallest absolute Gasteiger partial charge is 0.109 e. The molecule has 4 heteroatoms. The SMILES string of the molecule is C1=NC=c2nc3ccc4c(c3nc21)SCC=4. The van der Waals surface area contributed by atoms with Gasteiger partial charge in [-0.15, -0.1) is 11.8 Å². The molecular formula is C12H7N3S. The Kier molecular flexibility index (Phi) is 1.54. The molecule has 0 saturated carbocycles. The predicted molar refractivity (Wildman–Crippen MR) is 66.0 cm³/mol. The van der Waals surface area contributed by atoms with Crippen LogP contribution in [0.25, 0.3) is 23.3 Å². The molecule has 0 fully saturated rings.